The number of nitrogens with one attached hydrogen (secondary N) is 1. The van der Waals surface area contributed by atoms with Crippen LogP contribution in [0.5, 0.6) is 0 Å². The fraction of sp³-hybridized carbons (Fsp3) is 0.500. The van der Waals surface area contributed by atoms with Crippen LogP contribution in [0, 0.1) is 13.8 Å². The Bertz CT molecular complexity index is 727. The average Bonchev–Trinajstić information content (AvgIpc) is 2.98. The van der Waals surface area contributed by atoms with Crippen molar-refractivity contribution in [1.29, 1.82) is 0 Å². The van der Waals surface area contributed by atoms with Crippen molar-refractivity contribution in [3.8, 4) is 0 Å². The van der Waals surface area contributed by atoms with Crippen molar-refractivity contribution in [2.24, 2.45) is 0 Å². The number of amides is 1. The Morgan fingerprint density at radius 3 is 2.59 bits per heavy atom. The van der Waals surface area contributed by atoms with Crippen molar-refractivity contribution in [2.45, 2.75) is 39.5 Å². The molecule has 0 bridgehead atoms. The SMILES string of the molecule is CCN(CC)C(CNC(=O)CSCc1c(C)noc1C)c1ccccc1Cl. The smallest absolute Gasteiger partial charge is 0.230 e. The summed E-state index contributed by atoms with van der Waals surface area (Å²) in [4.78, 5) is 14.6. The molecular weight excluding hydrogens is 382 g/mol. The minimum atomic E-state index is 0.0240. The summed E-state index contributed by atoms with van der Waals surface area (Å²) in [5.41, 5.74) is 3.01. The number of carbonyl (C=O) groups is 1. The molecule has 0 aliphatic heterocycles. The monoisotopic (exact) mass is 409 g/mol. The van der Waals surface area contributed by atoms with Gasteiger partial charge in [0.25, 0.3) is 0 Å². The molecule has 1 aromatic carbocycles. The molecule has 1 unspecified atom stereocenters. The van der Waals surface area contributed by atoms with E-state index in [0.29, 0.717) is 12.3 Å². The summed E-state index contributed by atoms with van der Waals surface area (Å²) in [7, 11) is 0. The Hall–Kier alpha value is -1.50. The van der Waals surface area contributed by atoms with Gasteiger partial charge in [-0.15, -0.1) is 11.8 Å². The van der Waals surface area contributed by atoms with E-state index in [2.05, 4.69) is 29.2 Å². The molecule has 0 aliphatic carbocycles. The second kappa shape index (κ2) is 10.7. The molecule has 0 fully saturated rings. The molecule has 1 aromatic heterocycles. The first kappa shape index (κ1) is 21.8. The van der Waals surface area contributed by atoms with Gasteiger partial charge in [-0.3, -0.25) is 9.69 Å². The minimum absolute atomic E-state index is 0.0240. The zero-order chi connectivity index (χ0) is 19.8. The number of likely N-dealkylation sites (N-methyl/N-ethyl adjacent to an activating group) is 1. The van der Waals surface area contributed by atoms with Gasteiger partial charge in [0, 0.05) is 22.9 Å². The minimum Gasteiger partial charge on any atom is -0.361 e. The fourth-order valence-corrected chi connectivity index (χ4v) is 4.33. The number of aryl methyl sites for hydroxylation is 2. The largest absolute Gasteiger partial charge is 0.361 e. The number of benzene rings is 1. The summed E-state index contributed by atoms with van der Waals surface area (Å²) in [6.45, 7) is 10.4. The number of rotatable bonds is 10. The number of hydrogen-bond acceptors (Lipinski definition) is 5. The quantitative estimate of drug-likeness (QED) is 0.631. The van der Waals surface area contributed by atoms with Crippen molar-refractivity contribution in [1.82, 2.24) is 15.4 Å². The molecule has 27 heavy (non-hydrogen) atoms. The molecule has 2 aromatic rings. The van der Waals surface area contributed by atoms with Crippen molar-refractivity contribution in [3.63, 3.8) is 0 Å². The number of nitrogens with zero attached hydrogens (tertiary/aromatic N) is 2. The predicted octanol–water partition coefficient (Wildman–Crippen LogP) is 4.38. The standard InChI is InChI=1S/C20H28ClN3O2S/c1-5-24(6-2)19(16-9-7-8-10-18(16)21)11-22-20(25)13-27-12-17-14(3)23-26-15(17)4/h7-10,19H,5-6,11-13H2,1-4H3,(H,22,25). The molecule has 1 heterocycles. The number of thioether (sulfide) groups is 1. The van der Waals surface area contributed by atoms with E-state index < -0.39 is 0 Å². The number of carbonyl (C=O) groups excluding carboxylic acids is 1. The fourth-order valence-electron chi connectivity index (χ4n) is 3.06. The van der Waals surface area contributed by atoms with Gasteiger partial charge in [-0.25, -0.2) is 0 Å². The molecule has 0 aliphatic rings. The van der Waals surface area contributed by atoms with Crippen LogP contribution in [0.15, 0.2) is 28.8 Å². The zero-order valence-electron chi connectivity index (χ0n) is 16.4. The Labute approximate surface area is 170 Å². The van der Waals surface area contributed by atoms with Crippen LogP contribution >= 0.6 is 23.4 Å². The third-order valence-corrected chi connectivity index (χ3v) is 5.97. The van der Waals surface area contributed by atoms with E-state index in [0.717, 1.165) is 46.4 Å². The van der Waals surface area contributed by atoms with Crippen molar-refractivity contribution in [2.75, 3.05) is 25.4 Å². The van der Waals surface area contributed by atoms with Crippen LogP contribution < -0.4 is 5.32 Å². The van der Waals surface area contributed by atoms with Crippen molar-refractivity contribution < 1.29 is 9.32 Å². The molecule has 0 saturated carbocycles. The second-order valence-corrected chi connectivity index (χ2v) is 7.75. The lowest BCUT2D eigenvalue weighted by atomic mass is 10.0. The molecule has 2 rings (SSSR count). The van der Waals surface area contributed by atoms with Gasteiger partial charge in [-0.05, 0) is 38.6 Å². The van der Waals surface area contributed by atoms with Gasteiger partial charge in [-0.2, -0.15) is 0 Å². The first-order valence-electron chi connectivity index (χ1n) is 9.22. The van der Waals surface area contributed by atoms with Gasteiger partial charge in [0.15, 0.2) is 0 Å². The molecule has 1 N–H and O–H groups in total. The number of hydrogen-bond donors (Lipinski definition) is 1. The average molecular weight is 410 g/mol. The molecular formula is C20H28ClN3O2S. The second-order valence-electron chi connectivity index (χ2n) is 6.36. The summed E-state index contributed by atoms with van der Waals surface area (Å²) in [5.74, 6) is 1.97. The van der Waals surface area contributed by atoms with E-state index in [4.69, 9.17) is 16.1 Å². The van der Waals surface area contributed by atoms with Crippen LogP contribution in [0.25, 0.3) is 0 Å². The molecule has 1 atom stereocenters. The van der Waals surface area contributed by atoms with Gasteiger partial charge < -0.3 is 9.84 Å². The molecule has 7 heteroatoms. The van der Waals surface area contributed by atoms with E-state index in [1.165, 1.54) is 0 Å². The molecule has 0 saturated heterocycles. The molecule has 148 valence electrons. The van der Waals surface area contributed by atoms with Crippen molar-refractivity contribution in [3.05, 3.63) is 51.9 Å². The lowest BCUT2D eigenvalue weighted by Gasteiger charge is -2.30. The topological polar surface area (TPSA) is 58.4 Å². The van der Waals surface area contributed by atoms with Crippen LogP contribution in [0.2, 0.25) is 5.02 Å². The van der Waals surface area contributed by atoms with Crippen molar-refractivity contribution >= 4 is 29.3 Å². The summed E-state index contributed by atoms with van der Waals surface area (Å²) >= 11 is 7.97. The Morgan fingerprint density at radius 1 is 1.30 bits per heavy atom. The predicted molar refractivity (Wildman–Crippen MR) is 112 cm³/mol. The first-order valence-corrected chi connectivity index (χ1v) is 10.8. The van der Waals surface area contributed by atoms with E-state index in [9.17, 15) is 4.79 Å². The first-order chi connectivity index (χ1) is 13.0. The molecule has 5 nitrogen and oxygen atoms in total. The molecule has 0 spiro atoms. The maximum absolute atomic E-state index is 12.3. The highest BCUT2D eigenvalue weighted by atomic mass is 35.5. The van der Waals surface area contributed by atoms with E-state index in [1.807, 2.05) is 38.1 Å². The van der Waals surface area contributed by atoms with Gasteiger partial charge >= 0.3 is 0 Å². The van der Waals surface area contributed by atoms with E-state index >= 15 is 0 Å². The molecule has 1 amide bonds. The van der Waals surface area contributed by atoms with Crippen LogP contribution in [0.3, 0.4) is 0 Å². The maximum Gasteiger partial charge on any atom is 0.230 e. The van der Waals surface area contributed by atoms with Gasteiger partial charge in [-0.1, -0.05) is 48.8 Å². The third-order valence-electron chi connectivity index (χ3n) is 4.67. The van der Waals surface area contributed by atoms with Gasteiger partial charge in [0.2, 0.25) is 5.91 Å². The highest BCUT2D eigenvalue weighted by Crippen LogP contribution is 2.27. The number of halogens is 1. The van der Waals surface area contributed by atoms with E-state index in [-0.39, 0.29) is 11.9 Å². The van der Waals surface area contributed by atoms with Crippen LogP contribution in [-0.2, 0) is 10.5 Å². The van der Waals surface area contributed by atoms with Gasteiger partial charge in [0.05, 0.1) is 17.5 Å². The van der Waals surface area contributed by atoms with Crippen LogP contribution in [0.1, 0.15) is 42.5 Å². The summed E-state index contributed by atoms with van der Waals surface area (Å²) in [5, 5.41) is 7.75. The zero-order valence-corrected chi connectivity index (χ0v) is 18.0. The highest BCUT2D eigenvalue weighted by Gasteiger charge is 2.21. The Balaban J connectivity index is 1.92. The maximum atomic E-state index is 12.3. The van der Waals surface area contributed by atoms with Crippen LogP contribution in [-0.4, -0.2) is 41.4 Å². The Morgan fingerprint density at radius 2 is 2.00 bits per heavy atom. The number of aromatic nitrogens is 1. The molecule has 0 radical (unpaired) electrons. The summed E-state index contributed by atoms with van der Waals surface area (Å²) in [6.07, 6.45) is 0. The lowest BCUT2D eigenvalue weighted by Crippen LogP contribution is -2.38. The van der Waals surface area contributed by atoms with E-state index in [1.54, 1.807) is 11.8 Å². The lowest BCUT2D eigenvalue weighted by molar-refractivity contribution is -0.118. The normalized spacial score (nSPS) is 12.4. The summed E-state index contributed by atoms with van der Waals surface area (Å²) < 4.78 is 5.16. The summed E-state index contributed by atoms with van der Waals surface area (Å²) in [6, 6.07) is 7.90. The highest BCUT2D eigenvalue weighted by molar-refractivity contribution is 7.99. The Kier molecular flexibility index (Phi) is 8.67. The van der Waals surface area contributed by atoms with Crippen LogP contribution in [0.4, 0.5) is 0 Å². The van der Waals surface area contributed by atoms with Gasteiger partial charge in [0.1, 0.15) is 5.76 Å². The third kappa shape index (κ3) is 5.99.